The Morgan fingerprint density at radius 3 is 2.55 bits per heavy atom. The van der Waals surface area contributed by atoms with Gasteiger partial charge in [0.15, 0.2) is 0 Å². The molecule has 1 aromatic carbocycles. The fourth-order valence-corrected chi connectivity index (χ4v) is 4.40. The molecule has 0 radical (unpaired) electrons. The van der Waals surface area contributed by atoms with E-state index in [-0.39, 0.29) is 0 Å². The van der Waals surface area contributed by atoms with Gasteiger partial charge in [-0.3, -0.25) is 0 Å². The van der Waals surface area contributed by atoms with Crippen molar-refractivity contribution in [1.82, 2.24) is 20.3 Å². The Bertz CT molecular complexity index is 1100. The molecule has 0 spiro atoms. The summed E-state index contributed by atoms with van der Waals surface area (Å²) < 4.78 is 0. The molecule has 2 aliphatic rings. The van der Waals surface area contributed by atoms with Gasteiger partial charge in [-0.2, -0.15) is 4.98 Å². The predicted octanol–water partition coefficient (Wildman–Crippen LogP) is 3.88. The average molecular weight is 442 g/mol. The van der Waals surface area contributed by atoms with Crippen molar-refractivity contribution in [3.8, 4) is 0 Å². The molecule has 2 aliphatic heterocycles. The second kappa shape index (κ2) is 9.58. The fraction of sp³-hybridized carbons (Fsp3) is 0.346. The van der Waals surface area contributed by atoms with Crippen molar-refractivity contribution < 1.29 is 0 Å². The maximum atomic E-state index is 4.88. The van der Waals surface area contributed by atoms with Crippen LogP contribution in [0.4, 0.5) is 23.3 Å². The topological polar surface area (TPSA) is 69.2 Å². The first kappa shape index (κ1) is 21.4. The molecule has 170 valence electrons. The highest BCUT2D eigenvalue weighted by molar-refractivity contribution is 5.72. The molecule has 7 heteroatoms. The molecule has 4 heterocycles. The number of hydrogen-bond acceptors (Lipinski definition) is 7. The Kier molecular flexibility index (Phi) is 6.21. The quantitative estimate of drug-likeness (QED) is 0.602. The number of rotatable bonds is 6. The number of fused-ring (bicyclic) bond motifs is 1. The third-order valence-corrected chi connectivity index (χ3v) is 6.14. The highest BCUT2D eigenvalue weighted by Gasteiger charge is 2.23. The van der Waals surface area contributed by atoms with Gasteiger partial charge in [-0.15, -0.1) is 0 Å². The molecule has 0 saturated carbocycles. The summed E-state index contributed by atoms with van der Waals surface area (Å²) in [6.07, 6.45) is 6.97. The maximum Gasteiger partial charge on any atom is 0.229 e. The number of piperazine rings is 1. The van der Waals surface area contributed by atoms with Crippen LogP contribution in [0.15, 0.2) is 60.4 Å². The Balaban J connectivity index is 1.34. The number of nitrogens with one attached hydrogen (secondary N) is 2. The summed E-state index contributed by atoms with van der Waals surface area (Å²) in [6, 6.07) is 15.1. The number of aromatic nitrogens is 3. The molecule has 0 atom stereocenters. The smallest absolute Gasteiger partial charge is 0.229 e. The normalized spacial score (nSPS) is 15.9. The van der Waals surface area contributed by atoms with Crippen molar-refractivity contribution in [2.24, 2.45) is 0 Å². The van der Waals surface area contributed by atoms with Crippen molar-refractivity contribution in [2.75, 3.05) is 47.8 Å². The zero-order chi connectivity index (χ0) is 22.6. The third kappa shape index (κ3) is 4.98. The van der Waals surface area contributed by atoms with Gasteiger partial charge in [0.05, 0.1) is 11.9 Å². The highest BCUT2D eigenvalue weighted by Crippen LogP contribution is 2.31. The second-order valence-corrected chi connectivity index (χ2v) is 8.93. The molecule has 0 bridgehead atoms. The van der Waals surface area contributed by atoms with Crippen molar-refractivity contribution >= 4 is 29.3 Å². The molecule has 0 aliphatic carbocycles. The molecule has 1 fully saturated rings. The Morgan fingerprint density at radius 2 is 1.82 bits per heavy atom. The van der Waals surface area contributed by atoms with Gasteiger partial charge < -0.3 is 20.4 Å². The molecule has 7 nitrogen and oxygen atoms in total. The van der Waals surface area contributed by atoms with Crippen LogP contribution in [0.2, 0.25) is 0 Å². The largest absolute Gasteiger partial charge is 0.354 e. The standard InChI is InChI=1S/C26H31N7/c1-19(2)33-18-21(14-20-6-4-3-5-7-20)15-22-16-29-26(31-25(22)33)30-23-8-9-24(28-17-23)32-12-10-27-11-13-32/h3-9,15-17,19,27H,10-14,18H2,1-2H3,(H,29,30,31). The zero-order valence-electron chi connectivity index (χ0n) is 19.3. The lowest BCUT2D eigenvalue weighted by Gasteiger charge is -2.33. The number of anilines is 4. The molecule has 3 aromatic rings. The summed E-state index contributed by atoms with van der Waals surface area (Å²) in [7, 11) is 0. The van der Waals surface area contributed by atoms with Crippen molar-refractivity contribution in [1.29, 1.82) is 0 Å². The molecule has 33 heavy (non-hydrogen) atoms. The van der Waals surface area contributed by atoms with Crippen LogP contribution in [0.3, 0.4) is 0 Å². The Morgan fingerprint density at radius 1 is 1.00 bits per heavy atom. The highest BCUT2D eigenvalue weighted by atomic mass is 15.3. The number of nitrogens with zero attached hydrogens (tertiary/aromatic N) is 5. The second-order valence-electron chi connectivity index (χ2n) is 8.93. The number of benzene rings is 1. The molecular formula is C26H31N7. The van der Waals surface area contributed by atoms with E-state index in [4.69, 9.17) is 4.98 Å². The minimum Gasteiger partial charge on any atom is -0.354 e. The van der Waals surface area contributed by atoms with Gasteiger partial charge in [-0.1, -0.05) is 30.3 Å². The van der Waals surface area contributed by atoms with E-state index >= 15 is 0 Å². The van der Waals surface area contributed by atoms with Gasteiger partial charge in [0.2, 0.25) is 5.95 Å². The zero-order valence-corrected chi connectivity index (χ0v) is 19.3. The summed E-state index contributed by atoms with van der Waals surface area (Å²) >= 11 is 0. The van der Waals surface area contributed by atoms with Crippen LogP contribution in [0.5, 0.6) is 0 Å². The van der Waals surface area contributed by atoms with Crippen molar-refractivity contribution in [2.45, 2.75) is 26.3 Å². The summed E-state index contributed by atoms with van der Waals surface area (Å²) in [5.41, 5.74) is 4.66. The van der Waals surface area contributed by atoms with Crippen LogP contribution in [0.25, 0.3) is 6.08 Å². The summed E-state index contributed by atoms with van der Waals surface area (Å²) in [5.74, 6) is 2.58. The van der Waals surface area contributed by atoms with Crippen LogP contribution in [-0.4, -0.2) is 53.7 Å². The molecule has 5 rings (SSSR count). The number of pyridine rings is 1. The first-order chi connectivity index (χ1) is 16.2. The minimum absolute atomic E-state index is 0.339. The number of hydrogen-bond donors (Lipinski definition) is 2. The SMILES string of the molecule is CC(C)N1CC(Cc2ccccc2)=Cc2cnc(Nc3ccc(N4CCNCC4)nc3)nc21. The van der Waals surface area contributed by atoms with Gasteiger partial charge in [0.25, 0.3) is 0 Å². The first-order valence-electron chi connectivity index (χ1n) is 11.7. The van der Waals surface area contributed by atoms with E-state index < -0.39 is 0 Å². The van der Waals surface area contributed by atoms with Crippen LogP contribution in [-0.2, 0) is 6.42 Å². The van der Waals surface area contributed by atoms with Crippen LogP contribution in [0, 0.1) is 0 Å². The van der Waals surface area contributed by atoms with Gasteiger partial charge in [0, 0.05) is 50.5 Å². The van der Waals surface area contributed by atoms with E-state index in [2.05, 4.69) is 86.7 Å². The molecule has 2 aromatic heterocycles. The van der Waals surface area contributed by atoms with Crippen LogP contribution in [0.1, 0.15) is 25.0 Å². The van der Waals surface area contributed by atoms with Crippen molar-refractivity contribution in [3.63, 3.8) is 0 Å². The van der Waals surface area contributed by atoms with Gasteiger partial charge in [-0.05, 0) is 49.6 Å². The third-order valence-electron chi connectivity index (χ3n) is 6.14. The lowest BCUT2D eigenvalue weighted by Crippen LogP contribution is -2.43. The molecule has 0 unspecified atom stereocenters. The van der Waals surface area contributed by atoms with Gasteiger partial charge in [0.1, 0.15) is 11.6 Å². The van der Waals surface area contributed by atoms with E-state index in [0.717, 1.165) is 62.0 Å². The maximum absolute atomic E-state index is 4.88. The van der Waals surface area contributed by atoms with Crippen LogP contribution < -0.4 is 20.4 Å². The summed E-state index contributed by atoms with van der Waals surface area (Å²) in [6.45, 7) is 9.26. The van der Waals surface area contributed by atoms with Crippen molar-refractivity contribution in [3.05, 3.63) is 71.6 Å². The lowest BCUT2D eigenvalue weighted by atomic mass is 9.99. The minimum atomic E-state index is 0.339. The van der Waals surface area contributed by atoms with E-state index in [0.29, 0.717) is 12.0 Å². The van der Waals surface area contributed by atoms with E-state index in [9.17, 15) is 0 Å². The molecule has 2 N–H and O–H groups in total. The molecule has 0 amide bonds. The molecule has 1 saturated heterocycles. The van der Waals surface area contributed by atoms with Crippen LogP contribution >= 0.6 is 0 Å². The first-order valence-corrected chi connectivity index (χ1v) is 11.7. The lowest BCUT2D eigenvalue weighted by molar-refractivity contribution is 0.585. The van der Waals surface area contributed by atoms with E-state index in [1.165, 1.54) is 11.1 Å². The van der Waals surface area contributed by atoms with E-state index in [1.54, 1.807) is 0 Å². The molecular weight excluding hydrogens is 410 g/mol. The summed E-state index contributed by atoms with van der Waals surface area (Å²) in [5, 5.41) is 6.70. The van der Waals surface area contributed by atoms with Gasteiger partial charge in [-0.25, -0.2) is 9.97 Å². The Hall–Kier alpha value is -3.45. The average Bonchev–Trinajstić information content (AvgIpc) is 2.85. The Labute approximate surface area is 195 Å². The summed E-state index contributed by atoms with van der Waals surface area (Å²) in [4.78, 5) is 18.8. The monoisotopic (exact) mass is 441 g/mol. The van der Waals surface area contributed by atoms with Gasteiger partial charge >= 0.3 is 0 Å². The van der Waals surface area contributed by atoms with E-state index in [1.807, 2.05) is 18.5 Å². The fourth-order valence-electron chi connectivity index (χ4n) is 4.40. The predicted molar refractivity (Wildman–Crippen MR) is 135 cm³/mol.